The SMILES string of the molecule is O=C(/C=C/c1ccc(OCCCCCCCl)cc1)Nc1cccc2c1OC(c1nn[nH]n1)CO2. The van der Waals surface area contributed by atoms with E-state index >= 15 is 0 Å². The first kappa shape index (κ1) is 23.6. The lowest BCUT2D eigenvalue weighted by molar-refractivity contribution is -0.111. The first-order valence-electron chi connectivity index (χ1n) is 11.2. The number of aromatic amines is 1. The summed E-state index contributed by atoms with van der Waals surface area (Å²) < 4.78 is 17.5. The number of aromatic nitrogens is 4. The van der Waals surface area contributed by atoms with Crippen LogP contribution in [0.4, 0.5) is 5.69 Å². The van der Waals surface area contributed by atoms with E-state index in [0.29, 0.717) is 35.5 Å². The zero-order valence-corrected chi connectivity index (χ0v) is 19.3. The molecule has 0 radical (unpaired) electrons. The number of tetrazole rings is 1. The molecule has 1 amide bonds. The van der Waals surface area contributed by atoms with Crippen molar-refractivity contribution in [1.29, 1.82) is 0 Å². The van der Waals surface area contributed by atoms with E-state index in [1.807, 2.05) is 24.3 Å². The molecule has 2 aromatic carbocycles. The largest absolute Gasteiger partial charge is 0.494 e. The van der Waals surface area contributed by atoms with E-state index in [1.165, 1.54) is 6.08 Å². The molecule has 1 unspecified atom stereocenters. The highest BCUT2D eigenvalue weighted by Crippen LogP contribution is 2.41. The van der Waals surface area contributed by atoms with Crippen LogP contribution in [0, 0.1) is 0 Å². The number of benzene rings is 2. The van der Waals surface area contributed by atoms with Crippen LogP contribution in [0.15, 0.2) is 48.5 Å². The van der Waals surface area contributed by atoms with Gasteiger partial charge in [0.2, 0.25) is 11.7 Å². The third kappa shape index (κ3) is 6.48. The predicted molar refractivity (Wildman–Crippen MR) is 128 cm³/mol. The summed E-state index contributed by atoms with van der Waals surface area (Å²) in [6.07, 6.45) is 6.97. The fourth-order valence-electron chi connectivity index (χ4n) is 3.39. The van der Waals surface area contributed by atoms with Gasteiger partial charge in [-0.25, -0.2) is 0 Å². The summed E-state index contributed by atoms with van der Waals surface area (Å²) in [7, 11) is 0. The number of fused-ring (bicyclic) bond motifs is 1. The lowest BCUT2D eigenvalue weighted by Crippen LogP contribution is -2.24. The first-order chi connectivity index (χ1) is 16.7. The van der Waals surface area contributed by atoms with Gasteiger partial charge in [-0.3, -0.25) is 4.79 Å². The van der Waals surface area contributed by atoms with Crippen molar-refractivity contribution in [2.75, 3.05) is 24.4 Å². The number of carbonyl (C=O) groups is 1. The third-order valence-corrected chi connectivity index (χ3v) is 5.41. The molecule has 1 aliphatic rings. The number of nitrogens with one attached hydrogen (secondary N) is 2. The van der Waals surface area contributed by atoms with Crippen molar-refractivity contribution in [3.63, 3.8) is 0 Å². The fourth-order valence-corrected chi connectivity index (χ4v) is 3.57. The molecule has 2 heterocycles. The van der Waals surface area contributed by atoms with Crippen LogP contribution in [0.5, 0.6) is 17.2 Å². The Hall–Kier alpha value is -3.59. The number of para-hydroxylation sites is 1. The smallest absolute Gasteiger partial charge is 0.248 e. The van der Waals surface area contributed by atoms with Crippen LogP contribution >= 0.6 is 11.6 Å². The second-order valence-electron chi connectivity index (χ2n) is 7.66. The van der Waals surface area contributed by atoms with E-state index in [-0.39, 0.29) is 12.5 Å². The van der Waals surface area contributed by atoms with Gasteiger partial charge in [-0.05, 0) is 48.7 Å². The van der Waals surface area contributed by atoms with Crippen molar-refractivity contribution in [3.05, 3.63) is 59.9 Å². The number of anilines is 1. The zero-order chi connectivity index (χ0) is 23.6. The molecule has 0 fully saturated rings. The Kier molecular flexibility index (Phi) is 8.34. The molecular weight excluding hydrogens is 458 g/mol. The number of ether oxygens (including phenoxy) is 3. The molecule has 9 nitrogen and oxygen atoms in total. The van der Waals surface area contributed by atoms with Crippen LogP contribution in [0.2, 0.25) is 0 Å². The Labute approximate surface area is 202 Å². The van der Waals surface area contributed by atoms with Gasteiger partial charge in [-0.2, -0.15) is 5.21 Å². The van der Waals surface area contributed by atoms with Crippen LogP contribution < -0.4 is 19.5 Å². The van der Waals surface area contributed by atoms with E-state index in [9.17, 15) is 4.79 Å². The van der Waals surface area contributed by atoms with Gasteiger partial charge in [0.15, 0.2) is 17.6 Å². The van der Waals surface area contributed by atoms with E-state index in [0.717, 1.165) is 37.0 Å². The average molecular weight is 484 g/mol. The lowest BCUT2D eigenvalue weighted by Gasteiger charge is -2.26. The molecule has 0 saturated carbocycles. The van der Waals surface area contributed by atoms with Crippen LogP contribution in [0.25, 0.3) is 6.08 Å². The Morgan fingerprint density at radius 3 is 2.82 bits per heavy atom. The maximum atomic E-state index is 12.5. The Morgan fingerprint density at radius 1 is 1.18 bits per heavy atom. The highest BCUT2D eigenvalue weighted by molar-refractivity contribution is 6.17. The summed E-state index contributed by atoms with van der Waals surface area (Å²) in [6.45, 7) is 0.929. The van der Waals surface area contributed by atoms with Crippen molar-refractivity contribution >= 4 is 29.3 Å². The number of alkyl halides is 1. The number of hydrogen-bond acceptors (Lipinski definition) is 7. The summed E-state index contributed by atoms with van der Waals surface area (Å²) in [5.74, 6) is 2.57. The maximum Gasteiger partial charge on any atom is 0.248 e. The Balaban J connectivity index is 1.30. The molecule has 0 aliphatic carbocycles. The number of amides is 1. The van der Waals surface area contributed by atoms with Gasteiger partial charge in [0.1, 0.15) is 12.4 Å². The molecule has 2 N–H and O–H groups in total. The van der Waals surface area contributed by atoms with Crippen molar-refractivity contribution in [2.45, 2.75) is 31.8 Å². The van der Waals surface area contributed by atoms with Crippen LogP contribution in [-0.4, -0.2) is 45.6 Å². The summed E-state index contributed by atoms with van der Waals surface area (Å²) >= 11 is 5.68. The Bertz CT molecular complexity index is 1090. The minimum atomic E-state index is -0.522. The second-order valence-corrected chi connectivity index (χ2v) is 8.04. The third-order valence-electron chi connectivity index (χ3n) is 5.14. The monoisotopic (exact) mass is 483 g/mol. The van der Waals surface area contributed by atoms with Gasteiger partial charge in [-0.1, -0.05) is 36.3 Å². The number of unbranched alkanes of at least 4 members (excludes halogenated alkanes) is 3. The highest BCUT2D eigenvalue weighted by atomic mass is 35.5. The standard InChI is InChI=1S/C24H26ClN5O4/c25-14-3-1-2-4-15-32-18-11-8-17(9-12-18)10-13-22(31)26-19-6-5-7-20-23(19)34-21(16-33-20)24-27-29-30-28-24/h5-13,21H,1-4,14-16H2,(H,26,31)(H,27,28,29,30)/b13-10+. The molecule has 0 saturated heterocycles. The van der Waals surface area contributed by atoms with Gasteiger partial charge in [0.05, 0.1) is 12.3 Å². The summed E-state index contributed by atoms with van der Waals surface area (Å²) in [5, 5.41) is 16.7. The number of halogens is 1. The second kappa shape index (κ2) is 12.0. The molecular formula is C24H26ClN5O4. The van der Waals surface area contributed by atoms with Gasteiger partial charge < -0.3 is 19.5 Å². The topological polar surface area (TPSA) is 111 Å². The van der Waals surface area contributed by atoms with Crippen LogP contribution in [-0.2, 0) is 4.79 Å². The fraction of sp³-hybridized carbons (Fsp3) is 0.333. The highest BCUT2D eigenvalue weighted by Gasteiger charge is 2.28. The maximum absolute atomic E-state index is 12.5. The molecule has 178 valence electrons. The van der Waals surface area contributed by atoms with Gasteiger partial charge in [0.25, 0.3) is 0 Å². The molecule has 3 aromatic rings. The number of rotatable bonds is 11. The van der Waals surface area contributed by atoms with Crippen molar-refractivity contribution in [3.8, 4) is 17.2 Å². The number of hydrogen-bond donors (Lipinski definition) is 2. The molecule has 1 aliphatic heterocycles. The number of H-pyrrole nitrogens is 1. The molecule has 1 aromatic heterocycles. The zero-order valence-electron chi connectivity index (χ0n) is 18.6. The molecule has 34 heavy (non-hydrogen) atoms. The summed E-state index contributed by atoms with van der Waals surface area (Å²) in [5.41, 5.74) is 1.38. The van der Waals surface area contributed by atoms with Crippen LogP contribution in [0.1, 0.15) is 43.2 Å². The average Bonchev–Trinajstić information content (AvgIpc) is 3.41. The normalized spacial score (nSPS) is 14.8. The van der Waals surface area contributed by atoms with Gasteiger partial charge in [-0.15, -0.1) is 21.8 Å². The minimum absolute atomic E-state index is 0.248. The molecule has 0 bridgehead atoms. The van der Waals surface area contributed by atoms with Gasteiger partial charge in [0, 0.05) is 12.0 Å². The molecule has 4 rings (SSSR count). The Morgan fingerprint density at radius 2 is 2.03 bits per heavy atom. The van der Waals surface area contributed by atoms with E-state index in [4.69, 9.17) is 25.8 Å². The van der Waals surface area contributed by atoms with Crippen LogP contribution in [0.3, 0.4) is 0 Å². The summed E-state index contributed by atoms with van der Waals surface area (Å²) in [6, 6.07) is 12.9. The predicted octanol–water partition coefficient (Wildman–Crippen LogP) is 4.54. The van der Waals surface area contributed by atoms with Crippen molar-refractivity contribution in [2.24, 2.45) is 0 Å². The molecule has 0 spiro atoms. The van der Waals surface area contributed by atoms with E-state index < -0.39 is 6.10 Å². The quantitative estimate of drug-likeness (QED) is 0.234. The van der Waals surface area contributed by atoms with Crippen molar-refractivity contribution in [1.82, 2.24) is 20.6 Å². The first-order valence-corrected chi connectivity index (χ1v) is 11.7. The van der Waals surface area contributed by atoms with E-state index in [1.54, 1.807) is 24.3 Å². The molecule has 1 atom stereocenters. The summed E-state index contributed by atoms with van der Waals surface area (Å²) in [4.78, 5) is 12.5. The van der Waals surface area contributed by atoms with E-state index in [2.05, 4.69) is 25.9 Å². The minimum Gasteiger partial charge on any atom is -0.494 e. The number of carbonyl (C=O) groups excluding carboxylic acids is 1. The lowest BCUT2D eigenvalue weighted by atomic mass is 10.2. The van der Waals surface area contributed by atoms with Gasteiger partial charge >= 0.3 is 0 Å². The van der Waals surface area contributed by atoms with Crippen molar-refractivity contribution < 1.29 is 19.0 Å². The number of nitrogens with zero attached hydrogens (tertiary/aromatic N) is 3. The molecule has 10 heteroatoms.